The zero-order chi connectivity index (χ0) is 21.5. The fraction of sp³-hybridized carbons (Fsp3) is 0.0769. The van der Waals surface area contributed by atoms with Gasteiger partial charge in [0.05, 0.1) is 12.6 Å². The Hall–Kier alpha value is -3.99. The summed E-state index contributed by atoms with van der Waals surface area (Å²) in [5.74, 6) is 0.163. The first kappa shape index (κ1) is 20.3. The molecule has 31 heavy (non-hydrogen) atoms. The molecule has 0 spiro atoms. The normalized spacial score (nSPS) is 11.0. The van der Waals surface area contributed by atoms with Crippen LogP contribution in [0.2, 0.25) is 0 Å². The number of benzene rings is 4. The van der Waals surface area contributed by atoms with Crippen LogP contribution in [-0.4, -0.2) is 12.1 Å². The molecular formula is C26H21FN2O2. The molecule has 0 atom stereocenters. The Morgan fingerprint density at radius 1 is 0.871 bits per heavy atom. The number of hydrogen-bond acceptors (Lipinski definition) is 3. The molecule has 0 aromatic heterocycles. The van der Waals surface area contributed by atoms with Gasteiger partial charge in [0.1, 0.15) is 18.2 Å². The number of fused-ring (bicyclic) bond motifs is 1. The van der Waals surface area contributed by atoms with Crippen molar-refractivity contribution in [1.29, 1.82) is 0 Å². The molecule has 0 heterocycles. The van der Waals surface area contributed by atoms with Crippen LogP contribution in [0.25, 0.3) is 10.8 Å². The van der Waals surface area contributed by atoms with Crippen LogP contribution >= 0.6 is 0 Å². The Morgan fingerprint density at radius 2 is 1.58 bits per heavy atom. The van der Waals surface area contributed by atoms with E-state index in [1.165, 1.54) is 22.9 Å². The number of ether oxygens (including phenoxy) is 1. The molecule has 4 aromatic carbocycles. The van der Waals surface area contributed by atoms with Crippen molar-refractivity contribution in [2.75, 3.05) is 0 Å². The maximum Gasteiger partial charge on any atom is 0.244 e. The lowest BCUT2D eigenvalue weighted by molar-refractivity contribution is -0.120. The van der Waals surface area contributed by atoms with Gasteiger partial charge in [-0.05, 0) is 69.9 Å². The Bertz CT molecular complexity index is 1200. The fourth-order valence-electron chi connectivity index (χ4n) is 3.15. The summed E-state index contributed by atoms with van der Waals surface area (Å²) in [5, 5.41) is 6.37. The van der Waals surface area contributed by atoms with Gasteiger partial charge in [-0.25, -0.2) is 9.82 Å². The minimum Gasteiger partial charge on any atom is -0.489 e. The van der Waals surface area contributed by atoms with Crippen LogP contribution < -0.4 is 10.2 Å². The summed E-state index contributed by atoms with van der Waals surface area (Å²) in [7, 11) is 0. The maximum absolute atomic E-state index is 12.9. The van der Waals surface area contributed by atoms with Crippen LogP contribution in [0.1, 0.15) is 16.7 Å². The average Bonchev–Trinajstić information content (AvgIpc) is 2.80. The van der Waals surface area contributed by atoms with Gasteiger partial charge in [-0.1, -0.05) is 48.5 Å². The molecule has 0 aliphatic rings. The number of carbonyl (C=O) groups excluding carboxylic acids is 1. The van der Waals surface area contributed by atoms with Gasteiger partial charge in [0.15, 0.2) is 0 Å². The van der Waals surface area contributed by atoms with Crippen LogP contribution in [-0.2, 0) is 17.8 Å². The Labute approximate surface area is 180 Å². The van der Waals surface area contributed by atoms with Crippen LogP contribution in [0.3, 0.4) is 0 Å². The van der Waals surface area contributed by atoms with Crippen molar-refractivity contribution in [1.82, 2.24) is 5.43 Å². The smallest absolute Gasteiger partial charge is 0.244 e. The molecule has 4 nitrogen and oxygen atoms in total. The van der Waals surface area contributed by atoms with E-state index in [0.717, 1.165) is 22.4 Å². The number of amides is 1. The molecule has 0 radical (unpaired) electrons. The molecule has 0 aliphatic heterocycles. The van der Waals surface area contributed by atoms with E-state index in [2.05, 4.69) is 40.9 Å². The molecule has 0 saturated heterocycles. The molecule has 154 valence electrons. The van der Waals surface area contributed by atoms with Crippen LogP contribution in [0, 0.1) is 5.82 Å². The Balaban J connectivity index is 1.27. The number of rotatable bonds is 7. The van der Waals surface area contributed by atoms with Gasteiger partial charge in [0.2, 0.25) is 5.91 Å². The van der Waals surface area contributed by atoms with E-state index in [1.807, 2.05) is 36.4 Å². The highest BCUT2D eigenvalue weighted by atomic mass is 19.1. The third-order valence-corrected chi connectivity index (χ3v) is 4.78. The molecule has 0 aliphatic carbocycles. The zero-order valence-corrected chi connectivity index (χ0v) is 16.8. The fourth-order valence-corrected chi connectivity index (χ4v) is 3.15. The highest BCUT2D eigenvalue weighted by Gasteiger charge is 2.02. The third kappa shape index (κ3) is 5.76. The van der Waals surface area contributed by atoms with Gasteiger partial charge in [-0.15, -0.1) is 0 Å². The number of hydrogen-bond donors (Lipinski definition) is 1. The first-order chi connectivity index (χ1) is 15.2. The third-order valence-electron chi connectivity index (χ3n) is 4.78. The van der Waals surface area contributed by atoms with E-state index >= 15 is 0 Å². The van der Waals surface area contributed by atoms with E-state index in [4.69, 9.17) is 4.74 Å². The van der Waals surface area contributed by atoms with Crippen molar-refractivity contribution in [3.05, 3.63) is 114 Å². The Morgan fingerprint density at radius 3 is 2.35 bits per heavy atom. The molecule has 1 amide bonds. The van der Waals surface area contributed by atoms with Crippen molar-refractivity contribution in [3.63, 3.8) is 0 Å². The quantitative estimate of drug-likeness (QED) is 0.333. The predicted octanol–water partition coefficient (Wildman–Crippen LogP) is 5.25. The van der Waals surface area contributed by atoms with Crippen molar-refractivity contribution in [3.8, 4) is 5.75 Å². The Kier molecular flexibility index (Phi) is 6.33. The first-order valence-corrected chi connectivity index (χ1v) is 9.93. The largest absolute Gasteiger partial charge is 0.489 e. The van der Waals surface area contributed by atoms with Gasteiger partial charge < -0.3 is 4.74 Å². The van der Waals surface area contributed by atoms with Crippen LogP contribution in [0.5, 0.6) is 5.75 Å². The van der Waals surface area contributed by atoms with Gasteiger partial charge >= 0.3 is 0 Å². The number of halogens is 1. The number of carbonyl (C=O) groups is 1. The van der Waals surface area contributed by atoms with E-state index in [0.29, 0.717) is 6.61 Å². The SMILES string of the molecule is O=C(Cc1ccc(F)cc1)N/N=C/c1ccc(OCc2ccc3ccccc3c2)cc1. The molecule has 0 unspecified atom stereocenters. The second kappa shape index (κ2) is 9.67. The lowest BCUT2D eigenvalue weighted by Gasteiger charge is -2.07. The second-order valence-electron chi connectivity index (χ2n) is 7.14. The van der Waals surface area contributed by atoms with Gasteiger partial charge in [0, 0.05) is 0 Å². The molecule has 5 heteroatoms. The summed E-state index contributed by atoms with van der Waals surface area (Å²) in [6.45, 7) is 0.484. The van der Waals surface area contributed by atoms with Gasteiger partial charge in [-0.2, -0.15) is 5.10 Å². The lowest BCUT2D eigenvalue weighted by Crippen LogP contribution is -2.19. The molecule has 4 aromatic rings. The second-order valence-corrected chi connectivity index (χ2v) is 7.14. The molecule has 0 fully saturated rings. The van der Waals surface area contributed by atoms with E-state index in [1.54, 1.807) is 18.3 Å². The minimum absolute atomic E-state index is 0.138. The number of hydrazone groups is 1. The molecule has 4 rings (SSSR count). The minimum atomic E-state index is -0.327. The number of nitrogens with one attached hydrogen (secondary N) is 1. The van der Waals surface area contributed by atoms with Crippen LogP contribution in [0.4, 0.5) is 4.39 Å². The van der Waals surface area contributed by atoms with Crippen LogP contribution in [0.15, 0.2) is 96.1 Å². The van der Waals surface area contributed by atoms with E-state index in [-0.39, 0.29) is 18.1 Å². The van der Waals surface area contributed by atoms with E-state index in [9.17, 15) is 9.18 Å². The lowest BCUT2D eigenvalue weighted by atomic mass is 10.1. The monoisotopic (exact) mass is 412 g/mol. The molecule has 0 saturated carbocycles. The maximum atomic E-state index is 12.9. The summed E-state index contributed by atoms with van der Waals surface area (Å²) in [4.78, 5) is 11.9. The topological polar surface area (TPSA) is 50.7 Å². The standard InChI is InChI=1S/C26H21FN2O2/c27-24-11-6-19(7-12-24)16-26(30)29-28-17-20-8-13-25(14-9-20)31-18-21-5-10-22-3-1-2-4-23(22)15-21/h1-15,17H,16,18H2,(H,29,30)/b28-17+. The summed E-state index contributed by atoms with van der Waals surface area (Å²) < 4.78 is 18.8. The van der Waals surface area contributed by atoms with Gasteiger partial charge in [0.25, 0.3) is 0 Å². The highest BCUT2D eigenvalue weighted by molar-refractivity contribution is 5.84. The van der Waals surface area contributed by atoms with Crippen molar-refractivity contribution >= 4 is 22.9 Å². The average molecular weight is 412 g/mol. The molecule has 1 N–H and O–H groups in total. The highest BCUT2D eigenvalue weighted by Crippen LogP contribution is 2.18. The summed E-state index contributed by atoms with van der Waals surface area (Å²) >= 11 is 0. The summed E-state index contributed by atoms with van der Waals surface area (Å²) in [6.07, 6.45) is 1.70. The van der Waals surface area contributed by atoms with E-state index < -0.39 is 0 Å². The van der Waals surface area contributed by atoms with Crippen molar-refractivity contribution in [2.24, 2.45) is 5.10 Å². The molecular weight excluding hydrogens is 391 g/mol. The summed E-state index contributed by atoms with van der Waals surface area (Å²) in [5.41, 5.74) is 5.14. The summed E-state index contributed by atoms with van der Waals surface area (Å²) in [6, 6.07) is 27.8. The predicted molar refractivity (Wildman–Crippen MR) is 121 cm³/mol. The molecule has 0 bridgehead atoms. The van der Waals surface area contributed by atoms with Gasteiger partial charge in [-0.3, -0.25) is 4.79 Å². The van der Waals surface area contributed by atoms with Crippen molar-refractivity contribution in [2.45, 2.75) is 13.0 Å². The number of nitrogens with zero attached hydrogens (tertiary/aromatic N) is 1. The first-order valence-electron chi connectivity index (χ1n) is 9.93. The zero-order valence-electron chi connectivity index (χ0n) is 16.8. The van der Waals surface area contributed by atoms with Crippen molar-refractivity contribution < 1.29 is 13.9 Å².